The molecule has 0 saturated heterocycles. The normalized spacial score (nSPS) is 24.1. The molecular formula is C20H29FN2O2. The monoisotopic (exact) mass is 348 g/mol. The van der Waals surface area contributed by atoms with Gasteiger partial charge in [-0.05, 0) is 74.4 Å². The molecular weight excluding hydrogens is 319 g/mol. The van der Waals surface area contributed by atoms with Crippen molar-refractivity contribution in [3.05, 3.63) is 22.8 Å². The summed E-state index contributed by atoms with van der Waals surface area (Å²) in [5, 5.41) is 3.52. The Kier molecular flexibility index (Phi) is 4.87. The molecule has 1 saturated carbocycles. The number of fused-ring (bicyclic) bond motifs is 2. The van der Waals surface area contributed by atoms with Crippen molar-refractivity contribution in [1.29, 1.82) is 0 Å². The number of nitrogens with zero attached hydrogens (tertiary/aromatic N) is 1. The maximum absolute atomic E-state index is 13.3. The van der Waals surface area contributed by atoms with Gasteiger partial charge in [0.2, 0.25) is 0 Å². The van der Waals surface area contributed by atoms with E-state index in [1.165, 1.54) is 35.2 Å². The molecule has 5 heteroatoms. The second-order valence-corrected chi connectivity index (χ2v) is 7.62. The molecule has 1 aliphatic carbocycles. The Morgan fingerprint density at radius 3 is 2.88 bits per heavy atom. The third kappa shape index (κ3) is 3.24. The minimum Gasteiger partial charge on any atom is -0.489 e. The first kappa shape index (κ1) is 17.1. The lowest BCUT2D eigenvalue weighted by atomic mass is 9.90. The lowest BCUT2D eigenvalue weighted by Gasteiger charge is -2.40. The fourth-order valence-corrected chi connectivity index (χ4v) is 4.26. The Labute approximate surface area is 149 Å². The summed E-state index contributed by atoms with van der Waals surface area (Å²) in [6.07, 6.45) is 4.27. The minimum absolute atomic E-state index is 0.233. The molecule has 2 aliphatic heterocycles. The molecule has 2 atom stereocenters. The standard InChI is InChI=1S/C20H29FN2O2/c1-13-12-25-18-9-15-5-7-22-8-6-17(15)19(14-3-4-14)20(18)23(13)11-16(10-21)24-2/h9,13-14,16,22H,3-8,10-12H2,1-2H3/t13-,16+/m0/s1. The fourth-order valence-electron chi connectivity index (χ4n) is 4.26. The van der Waals surface area contributed by atoms with Crippen LogP contribution in [-0.2, 0) is 17.6 Å². The van der Waals surface area contributed by atoms with Crippen LogP contribution in [0.2, 0.25) is 0 Å². The lowest BCUT2D eigenvalue weighted by molar-refractivity contribution is 0.0807. The highest BCUT2D eigenvalue weighted by Crippen LogP contribution is 2.52. The topological polar surface area (TPSA) is 33.7 Å². The molecule has 4 rings (SSSR count). The third-order valence-electron chi connectivity index (χ3n) is 5.82. The molecule has 1 aromatic carbocycles. The van der Waals surface area contributed by atoms with Gasteiger partial charge < -0.3 is 19.7 Å². The van der Waals surface area contributed by atoms with Crippen LogP contribution in [0.25, 0.3) is 0 Å². The van der Waals surface area contributed by atoms with Crippen molar-refractivity contribution >= 4 is 5.69 Å². The van der Waals surface area contributed by atoms with Gasteiger partial charge in [0.05, 0.1) is 11.7 Å². The van der Waals surface area contributed by atoms with E-state index in [2.05, 4.69) is 23.2 Å². The molecule has 0 unspecified atom stereocenters. The number of hydrogen-bond donors (Lipinski definition) is 1. The Balaban J connectivity index is 1.80. The highest BCUT2D eigenvalue weighted by atomic mass is 19.1. The zero-order valence-corrected chi connectivity index (χ0v) is 15.3. The summed E-state index contributed by atoms with van der Waals surface area (Å²) in [6.45, 7) is 5.01. The predicted octanol–water partition coefficient (Wildman–Crippen LogP) is 2.82. The number of hydrogen-bond acceptors (Lipinski definition) is 4. The van der Waals surface area contributed by atoms with Crippen LogP contribution >= 0.6 is 0 Å². The molecule has 4 nitrogen and oxygen atoms in total. The van der Waals surface area contributed by atoms with Crippen molar-refractivity contribution in [1.82, 2.24) is 5.32 Å². The summed E-state index contributed by atoms with van der Waals surface area (Å²) in [6, 6.07) is 2.48. The Bertz CT molecular complexity index is 629. The Morgan fingerprint density at radius 1 is 1.36 bits per heavy atom. The van der Waals surface area contributed by atoms with Crippen LogP contribution in [-0.4, -0.2) is 52.2 Å². The van der Waals surface area contributed by atoms with Crippen molar-refractivity contribution in [3.8, 4) is 5.75 Å². The van der Waals surface area contributed by atoms with Crippen LogP contribution in [0.5, 0.6) is 5.75 Å². The lowest BCUT2D eigenvalue weighted by Crippen LogP contribution is -2.46. The summed E-state index contributed by atoms with van der Waals surface area (Å²) >= 11 is 0. The summed E-state index contributed by atoms with van der Waals surface area (Å²) < 4.78 is 24.8. The molecule has 25 heavy (non-hydrogen) atoms. The molecule has 0 bridgehead atoms. The van der Waals surface area contributed by atoms with E-state index >= 15 is 0 Å². The SMILES string of the molecule is CO[C@H](CF)CN1c2c(cc3c(c2C2CC2)CCNCC3)OC[C@@H]1C. The summed E-state index contributed by atoms with van der Waals surface area (Å²) in [4.78, 5) is 2.35. The zero-order chi connectivity index (χ0) is 17.4. The van der Waals surface area contributed by atoms with Crippen molar-refractivity contribution in [3.63, 3.8) is 0 Å². The van der Waals surface area contributed by atoms with E-state index in [1.807, 2.05) is 0 Å². The highest BCUT2D eigenvalue weighted by Gasteiger charge is 2.37. The van der Waals surface area contributed by atoms with E-state index in [9.17, 15) is 4.39 Å². The van der Waals surface area contributed by atoms with Gasteiger partial charge in [0.15, 0.2) is 0 Å². The van der Waals surface area contributed by atoms with Crippen LogP contribution in [0.3, 0.4) is 0 Å². The molecule has 1 aromatic rings. The number of rotatable bonds is 5. The van der Waals surface area contributed by atoms with E-state index in [-0.39, 0.29) is 12.1 Å². The number of benzene rings is 1. The smallest absolute Gasteiger partial charge is 0.143 e. The minimum atomic E-state index is -0.455. The third-order valence-corrected chi connectivity index (χ3v) is 5.82. The van der Waals surface area contributed by atoms with Crippen molar-refractivity contribution in [2.45, 2.75) is 50.7 Å². The second kappa shape index (κ2) is 7.12. The van der Waals surface area contributed by atoms with E-state index in [1.54, 1.807) is 7.11 Å². The van der Waals surface area contributed by atoms with Gasteiger partial charge in [-0.15, -0.1) is 0 Å². The zero-order valence-electron chi connectivity index (χ0n) is 15.3. The van der Waals surface area contributed by atoms with Gasteiger partial charge in [0.1, 0.15) is 25.1 Å². The highest BCUT2D eigenvalue weighted by molar-refractivity contribution is 5.72. The average molecular weight is 348 g/mol. The number of alkyl halides is 1. The summed E-state index contributed by atoms with van der Waals surface area (Å²) in [7, 11) is 1.60. The molecule has 138 valence electrons. The van der Waals surface area contributed by atoms with Gasteiger partial charge in [-0.2, -0.15) is 0 Å². The maximum Gasteiger partial charge on any atom is 0.143 e. The number of ether oxygens (including phenoxy) is 2. The molecule has 3 aliphatic rings. The van der Waals surface area contributed by atoms with Crippen LogP contribution < -0.4 is 15.0 Å². The van der Waals surface area contributed by atoms with Gasteiger partial charge in [-0.1, -0.05) is 0 Å². The largest absolute Gasteiger partial charge is 0.489 e. The predicted molar refractivity (Wildman–Crippen MR) is 97.8 cm³/mol. The molecule has 0 spiro atoms. The molecule has 0 radical (unpaired) electrons. The van der Waals surface area contributed by atoms with Gasteiger partial charge >= 0.3 is 0 Å². The molecule has 0 aromatic heterocycles. The quantitative estimate of drug-likeness (QED) is 0.887. The summed E-state index contributed by atoms with van der Waals surface area (Å²) in [5.41, 5.74) is 5.66. The van der Waals surface area contributed by atoms with E-state index in [0.717, 1.165) is 31.7 Å². The van der Waals surface area contributed by atoms with Crippen molar-refractivity contribution in [2.75, 3.05) is 44.9 Å². The number of methoxy groups -OCH3 is 1. The number of anilines is 1. The van der Waals surface area contributed by atoms with Gasteiger partial charge in [0, 0.05) is 13.7 Å². The summed E-state index contributed by atoms with van der Waals surface area (Å²) in [5.74, 6) is 1.64. The molecule has 1 N–H and O–H groups in total. The van der Waals surface area contributed by atoms with Gasteiger partial charge in [-0.25, -0.2) is 4.39 Å². The van der Waals surface area contributed by atoms with Gasteiger partial charge in [0.25, 0.3) is 0 Å². The first-order chi connectivity index (χ1) is 12.2. The van der Waals surface area contributed by atoms with Crippen molar-refractivity contribution in [2.24, 2.45) is 0 Å². The average Bonchev–Trinajstić information content (AvgIpc) is 3.46. The van der Waals surface area contributed by atoms with Crippen LogP contribution in [0.1, 0.15) is 42.4 Å². The first-order valence-corrected chi connectivity index (χ1v) is 9.60. The fraction of sp³-hybridized carbons (Fsp3) is 0.700. The van der Waals surface area contributed by atoms with Crippen LogP contribution in [0, 0.1) is 0 Å². The van der Waals surface area contributed by atoms with Crippen molar-refractivity contribution < 1.29 is 13.9 Å². The van der Waals surface area contributed by atoms with Crippen LogP contribution in [0.15, 0.2) is 6.07 Å². The van der Waals surface area contributed by atoms with Gasteiger partial charge in [-0.3, -0.25) is 0 Å². The van der Waals surface area contributed by atoms with E-state index < -0.39 is 6.67 Å². The van der Waals surface area contributed by atoms with E-state index in [4.69, 9.17) is 9.47 Å². The van der Waals surface area contributed by atoms with Crippen LogP contribution in [0.4, 0.5) is 10.1 Å². The Hall–Kier alpha value is -1.33. The first-order valence-electron chi connectivity index (χ1n) is 9.60. The molecule has 0 amide bonds. The number of nitrogens with one attached hydrogen (secondary N) is 1. The second-order valence-electron chi connectivity index (χ2n) is 7.62. The number of halogens is 1. The maximum atomic E-state index is 13.3. The Morgan fingerprint density at radius 2 is 2.16 bits per heavy atom. The molecule has 1 fully saturated rings. The van der Waals surface area contributed by atoms with E-state index in [0.29, 0.717) is 19.1 Å². The molecule has 2 heterocycles.